The molecule has 278 valence electrons. The van der Waals surface area contributed by atoms with Crippen LogP contribution in [0.5, 0.6) is 0 Å². The zero-order valence-electron chi connectivity index (χ0n) is 29.0. The van der Waals surface area contributed by atoms with E-state index in [2.05, 4.69) is 15.4 Å². The molecule has 20 heteroatoms. The van der Waals surface area contributed by atoms with Gasteiger partial charge in [0.2, 0.25) is 11.8 Å². The smallest absolute Gasteiger partial charge is 0.410 e. The first-order chi connectivity index (χ1) is 25.3. The Morgan fingerprint density at radius 2 is 1.57 bits per heavy atom. The number of non-ortho nitro benzene ring substituents is 2. The number of nitro groups is 2. The zero-order valence-corrected chi connectivity index (χ0v) is 29.8. The number of likely N-dealkylation sites (tertiary alicyclic amines) is 1. The van der Waals surface area contributed by atoms with Crippen LogP contribution in [0.2, 0.25) is 0 Å². The predicted molar refractivity (Wildman–Crippen MR) is 184 cm³/mol. The van der Waals surface area contributed by atoms with Gasteiger partial charge in [0, 0.05) is 61.0 Å². The van der Waals surface area contributed by atoms with Gasteiger partial charge in [-0.2, -0.15) is 4.80 Å². The van der Waals surface area contributed by atoms with Crippen molar-refractivity contribution in [2.75, 3.05) is 20.6 Å². The van der Waals surface area contributed by atoms with Gasteiger partial charge in [0.05, 0.1) is 27.8 Å². The van der Waals surface area contributed by atoms with Gasteiger partial charge in [0.25, 0.3) is 11.4 Å². The van der Waals surface area contributed by atoms with Gasteiger partial charge in [0.15, 0.2) is 6.33 Å². The van der Waals surface area contributed by atoms with Gasteiger partial charge < -0.3 is 19.3 Å². The Morgan fingerprint density at radius 1 is 0.981 bits per heavy atom. The standard InChI is InChI=1S/C33H35N9O10S/c1-18-27-26(19(2)40-35-17-34-36-40)31(44)39(27)28(32(45)51-15-20-5-9-22(10-6-20)41(47)48)29(18)53-24-13-25(30(43)37(3)4)38(14-24)33(46)52-16-21-7-11-23(12-8-21)42(49)50/h5-12,17-19,24-27H,13-16H2,1-4H3/t18-,19-,24+,25+,26-,27-/m1/s1. The molecule has 0 bridgehead atoms. The number of likely N-dealkylation sites (N-methyl/N-ethyl adjacent to an activating group) is 1. The van der Waals surface area contributed by atoms with E-state index in [1.54, 1.807) is 21.0 Å². The maximum absolute atomic E-state index is 13.9. The number of aromatic nitrogens is 4. The number of ether oxygens (including phenoxy) is 2. The lowest BCUT2D eigenvalue weighted by atomic mass is 9.78. The van der Waals surface area contributed by atoms with Crippen molar-refractivity contribution in [3.8, 4) is 0 Å². The van der Waals surface area contributed by atoms with Crippen LogP contribution in [0, 0.1) is 32.1 Å². The molecule has 6 atom stereocenters. The first-order valence-electron chi connectivity index (χ1n) is 16.5. The molecular weight excluding hydrogens is 714 g/mol. The van der Waals surface area contributed by atoms with E-state index in [9.17, 15) is 39.4 Å². The predicted octanol–water partition coefficient (Wildman–Crippen LogP) is 3.08. The number of hydrogen-bond acceptors (Lipinski definition) is 14. The van der Waals surface area contributed by atoms with Crippen LogP contribution in [0.25, 0.3) is 0 Å². The number of carbonyl (C=O) groups excluding carboxylic acids is 4. The molecule has 0 spiro atoms. The average Bonchev–Trinajstić information content (AvgIpc) is 3.88. The molecule has 0 N–H and O–H groups in total. The highest BCUT2D eigenvalue weighted by Crippen LogP contribution is 2.54. The Morgan fingerprint density at radius 3 is 2.09 bits per heavy atom. The maximum Gasteiger partial charge on any atom is 0.410 e. The van der Waals surface area contributed by atoms with Gasteiger partial charge in [-0.05, 0) is 54.0 Å². The van der Waals surface area contributed by atoms with Gasteiger partial charge in [0.1, 0.15) is 25.0 Å². The number of esters is 1. The van der Waals surface area contributed by atoms with Crippen molar-refractivity contribution in [1.82, 2.24) is 34.9 Å². The van der Waals surface area contributed by atoms with Gasteiger partial charge in [-0.25, -0.2) is 9.59 Å². The first kappa shape index (κ1) is 36.9. The van der Waals surface area contributed by atoms with E-state index in [0.717, 1.165) is 0 Å². The van der Waals surface area contributed by atoms with Crippen molar-refractivity contribution < 1.29 is 38.5 Å². The van der Waals surface area contributed by atoms with Crippen molar-refractivity contribution >= 4 is 47.0 Å². The normalized spacial score (nSPS) is 22.6. The summed E-state index contributed by atoms with van der Waals surface area (Å²) in [6.07, 6.45) is 0.734. The lowest BCUT2D eigenvalue weighted by molar-refractivity contribution is -0.385. The van der Waals surface area contributed by atoms with Crippen LogP contribution >= 0.6 is 11.8 Å². The molecule has 1 aromatic heterocycles. The quantitative estimate of drug-likeness (QED) is 0.112. The summed E-state index contributed by atoms with van der Waals surface area (Å²) in [4.78, 5) is 81.4. The third kappa shape index (κ3) is 7.26. The van der Waals surface area contributed by atoms with Crippen LogP contribution in [-0.2, 0) is 37.1 Å². The van der Waals surface area contributed by atoms with Gasteiger partial charge in [-0.3, -0.25) is 34.7 Å². The summed E-state index contributed by atoms with van der Waals surface area (Å²) >= 11 is 1.30. The van der Waals surface area contributed by atoms with E-state index in [0.29, 0.717) is 16.0 Å². The lowest BCUT2D eigenvalue weighted by Gasteiger charge is -2.47. The first-order valence-corrected chi connectivity index (χ1v) is 17.4. The highest BCUT2D eigenvalue weighted by molar-refractivity contribution is 8.03. The van der Waals surface area contributed by atoms with Crippen molar-refractivity contribution in [2.24, 2.45) is 11.8 Å². The molecule has 53 heavy (non-hydrogen) atoms. The molecule has 3 aliphatic heterocycles. The van der Waals surface area contributed by atoms with Gasteiger partial charge in [-0.15, -0.1) is 22.0 Å². The van der Waals surface area contributed by atoms with Crippen LogP contribution in [0.3, 0.4) is 0 Å². The number of β-lactam (4-membered cyclic amide) rings is 1. The zero-order chi connectivity index (χ0) is 38.1. The molecule has 6 rings (SSSR count). The second-order valence-corrected chi connectivity index (χ2v) is 14.4. The molecule has 3 aromatic rings. The van der Waals surface area contributed by atoms with E-state index in [1.165, 1.54) is 86.1 Å². The number of carbonyl (C=O) groups is 4. The molecule has 0 saturated carbocycles. The Labute approximate surface area is 306 Å². The van der Waals surface area contributed by atoms with Crippen LogP contribution < -0.4 is 0 Å². The highest BCUT2D eigenvalue weighted by Gasteiger charge is 2.61. The van der Waals surface area contributed by atoms with E-state index in [-0.39, 0.29) is 61.0 Å². The number of tetrazole rings is 1. The second kappa shape index (κ2) is 15.0. The summed E-state index contributed by atoms with van der Waals surface area (Å²) < 4.78 is 11.2. The number of hydrogen-bond donors (Lipinski definition) is 0. The molecule has 0 unspecified atom stereocenters. The molecule has 2 saturated heterocycles. The van der Waals surface area contributed by atoms with Crippen LogP contribution in [0.1, 0.15) is 37.4 Å². The SMILES string of the molecule is C[C@H]([C@H]1C(=O)N2C(C(=O)OCc3ccc([N+](=O)[O-])cc3)=C(S[C@H]3C[C@@H](C(=O)N(C)C)N(C(=O)OCc4ccc([N+](=O)[O-])cc4)C3)[C@H](C)[C@H]12)n1ncnn1. The topological polar surface area (TPSA) is 226 Å². The van der Waals surface area contributed by atoms with Crippen LogP contribution in [-0.4, -0.2) is 107 Å². The van der Waals surface area contributed by atoms with Crippen molar-refractivity contribution in [2.45, 2.75) is 56.9 Å². The van der Waals surface area contributed by atoms with Crippen molar-refractivity contribution in [3.63, 3.8) is 0 Å². The number of benzene rings is 2. The van der Waals surface area contributed by atoms with Crippen LogP contribution in [0.4, 0.5) is 16.2 Å². The van der Waals surface area contributed by atoms with E-state index in [1.807, 2.05) is 6.92 Å². The molecule has 19 nitrogen and oxygen atoms in total. The van der Waals surface area contributed by atoms with E-state index < -0.39 is 51.2 Å². The fourth-order valence-electron chi connectivity index (χ4n) is 6.84. The van der Waals surface area contributed by atoms with Crippen molar-refractivity contribution in [1.29, 1.82) is 0 Å². The highest BCUT2D eigenvalue weighted by atomic mass is 32.2. The number of nitro benzene ring substituents is 2. The summed E-state index contributed by atoms with van der Waals surface area (Å²) in [6, 6.07) is 9.30. The largest absolute Gasteiger partial charge is 0.456 e. The Kier molecular flexibility index (Phi) is 10.4. The average molecular weight is 750 g/mol. The van der Waals surface area contributed by atoms with E-state index in [4.69, 9.17) is 9.47 Å². The molecule has 0 aliphatic carbocycles. The number of amides is 3. The molecule has 3 aliphatic rings. The summed E-state index contributed by atoms with van der Waals surface area (Å²) in [7, 11) is 3.15. The monoisotopic (exact) mass is 749 g/mol. The van der Waals surface area contributed by atoms with Crippen LogP contribution in [0.15, 0.2) is 65.5 Å². The Hall–Kier alpha value is -5.92. The summed E-state index contributed by atoms with van der Waals surface area (Å²) in [6.45, 7) is 3.38. The molecule has 3 amide bonds. The Balaban J connectivity index is 1.23. The number of thioether (sulfide) groups is 1. The lowest BCUT2D eigenvalue weighted by Crippen LogP contribution is -2.62. The summed E-state index contributed by atoms with van der Waals surface area (Å²) in [5.74, 6) is -2.37. The fourth-order valence-corrected chi connectivity index (χ4v) is 8.36. The minimum Gasteiger partial charge on any atom is -0.456 e. The summed E-state index contributed by atoms with van der Waals surface area (Å²) in [5, 5.41) is 33.5. The van der Waals surface area contributed by atoms with Gasteiger partial charge in [-0.1, -0.05) is 6.92 Å². The molecular formula is C33H35N9O10S. The third-order valence-corrected chi connectivity index (χ3v) is 11.1. The summed E-state index contributed by atoms with van der Waals surface area (Å²) in [5.41, 5.74) is 0.857. The number of nitrogens with zero attached hydrogens (tertiary/aromatic N) is 9. The Bertz CT molecular complexity index is 1960. The third-order valence-electron chi connectivity index (χ3n) is 9.57. The van der Waals surface area contributed by atoms with E-state index >= 15 is 0 Å². The number of fused-ring (bicyclic) bond motifs is 1. The van der Waals surface area contributed by atoms with Crippen molar-refractivity contribution in [3.05, 3.63) is 96.8 Å². The second-order valence-electron chi connectivity index (χ2n) is 13.1. The minimum absolute atomic E-state index is 0.0593. The molecule has 0 radical (unpaired) electrons. The molecule has 4 heterocycles. The number of rotatable bonds is 12. The molecule has 2 aromatic carbocycles. The van der Waals surface area contributed by atoms with Gasteiger partial charge >= 0.3 is 12.1 Å². The minimum atomic E-state index is -0.883. The maximum atomic E-state index is 13.9. The molecule has 2 fully saturated rings. The fraction of sp³-hybridized carbons (Fsp3) is 0.424.